The van der Waals surface area contributed by atoms with E-state index in [1.165, 1.54) is 0 Å². The summed E-state index contributed by atoms with van der Waals surface area (Å²) < 4.78 is 0. The molecular formula is C13H22N2O3. The van der Waals surface area contributed by atoms with Gasteiger partial charge in [-0.3, -0.25) is 0 Å². The van der Waals surface area contributed by atoms with Gasteiger partial charge < -0.3 is 15.3 Å². The number of carbonyl (C=O) groups excluding carboxylic acids is 1. The van der Waals surface area contributed by atoms with Crippen LogP contribution in [0, 0.1) is 0 Å². The average molecular weight is 254 g/mol. The summed E-state index contributed by atoms with van der Waals surface area (Å²) in [6.45, 7) is 7.82. The van der Waals surface area contributed by atoms with Gasteiger partial charge in [0.15, 0.2) is 0 Å². The van der Waals surface area contributed by atoms with Crippen LogP contribution in [-0.2, 0) is 4.79 Å². The van der Waals surface area contributed by atoms with Gasteiger partial charge in [0.05, 0.1) is 0 Å². The molecule has 1 fully saturated rings. The average Bonchev–Trinajstić information content (AvgIpc) is 2.75. The Bertz CT molecular complexity index is 333. The molecule has 0 radical (unpaired) electrons. The fourth-order valence-corrected chi connectivity index (χ4v) is 2.31. The van der Waals surface area contributed by atoms with Crippen molar-refractivity contribution in [3.05, 3.63) is 12.7 Å². The van der Waals surface area contributed by atoms with E-state index in [1.54, 1.807) is 11.0 Å². The number of carboxylic acid groups (broad SMARTS) is 1. The first-order valence-corrected chi connectivity index (χ1v) is 6.36. The molecule has 0 aromatic carbocycles. The highest BCUT2D eigenvalue weighted by Crippen LogP contribution is 2.30. The van der Waals surface area contributed by atoms with Gasteiger partial charge >= 0.3 is 12.0 Å². The van der Waals surface area contributed by atoms with E-state index in [0.717, 1.165) is 12.8 Å². The highest BCUT2D eigenvalue weighted by Gasteiger charge is 2.43. The van der Waals surface area contributed by atoms with E-state index in [0.29, 0.717) is 19.4 Å². The number of hydrogen-bond donors (Lipinski definition) is 2. The van der Waals surface area contributed by atoms with Gasteiger partial charge in [-0.1, -0.05) is 18.9 Å². The van der Waals surface area contributed by atoms with Crippen molar-refractivity contribution in [2.45, 2.75) is 51.1 Å². The molecule has 0 spiro atoms. The normalized spacial score (nSPS) is 17.5. The lowest BCUT2D eigenvalue weighted by molar-refractivity contribution is -0.144. The first-order chi connectivity index (χ1) is 8.43. The number of hydrogen-bond acceptors (Lipinski definition) is 2. The van der Waals surface area contributed by atoms with Crippen LogP contribution in [0.25, 0.3) is 0 Å². The molecule has 1 rings (SSSR count). The van der Waals surface area contributed by atoms with Crippen LogP contribution in [0.3, 0.4) is 0 Å². The molecule has 102 valence electrons. The zero-order valence-corrected chi connectivity index (χ0v) is 11.1. The molecular weight excluding hydrogens is 232 g/mol. The Balaban J connectivity index is 2.77. The maximum Gasteiger partial charge on any atom is 0.329 e. The number of rotatable bonds is 5. The lowest BCUT2D eigenvalue weighted by Crippen LogP contribution is -2.57. The molecule has 0 unspecified atom stereocenters. The van der Waals surface area contributed by atoms with Crippen LogP contribution in [0.4, 0.5) is 4.79 Å². The Labute approximate surface area is 108 Å². The summed E-state index contributed by atoms with van der Waals surface area (Å²) in [5.74, 6) is -0.935. The Kier molecular flexibility index (Phi) is 4.76. The summed E-state index contributed by atoms with van der Waals surface area (Å²) in [6, 6.07) is -0.315. The molecule has 1 aliphatic rings. The standard InChI is InChI=1S/C13H22N2O3/c1-4-9-15(10(2)3)12(18)14-13(11(16)17)7-5-6-8-13/h4,10H,1,5-9H2,2-3H3,(H,14,18)(H,16,17). The molecule has 5 nitrogen and oxygen atoms in total. The molecule has 18 heavy (non-hydrogen) atoms. The number of carbonyl (C=O) groups is 2. The van der Waals surface area contributed by atoms with E-state index in [2.05, 4.69) is 11.9 Å². The molecule has 0 aliphatic heterocycles. The minimum atomic E-state index is -1.08. The van der Waals surface area contributed by atoms with Crippen LogP contribution in [0.2, 0.25) is 0 Å². The zero-order chi connectivity index (χ0) is 13.8. The number of aliphatic carboxylic acids is 1. The van der Waals surface area contributed by atoms with Crippen LogP contribution in [0.1, 0.15) is 39.5 Å². The summed E-state index contributed by atoms with van der Waals surface area (Å²) in [5.41, 5.74) is -1.08. The molecule has 0 atom stereocenters. The molecule has 5 heteroatoms. The monoisotopic (exact) mass is 254 g/mol. The lowest BCUT2D eigenvalue weighted by Gasteiger charge is -2.32. The SMILES string of the molecule is C=CCN(C(=O)NC1(C(=O)O)CCCC1)C(C)C. The number of amides is 2. The smallest absolute Gasteiger partial charge is 0.329 e. The fraction of sp³-hybridized carbons (Fsp3) is 0.692. The second kappa shape index (κ2) is 5.89. The Hall–Kier alpha value is -1.52. The predicted molar refractivity (Wildman–Crippen MR) is 69.4 cm³/mol. The van der Waals surface area contributed by atoms with Crippen molar-refractivity contribution in [1.29, 1.82) is 0 Å². The maximum atomic E-state index is 12.1. The molecule has 0 bridgehead atoms. The topological polar surface area (TPSA) is 69.6 Å². The van der Waals surface area contributed by atoms with Crippen molar-refractivity contribution < 1.29 is 14.7 Å². The van der Waals surface area contributed by atoms with E-state index in [1.807, 2.05) is 13.8 Å². The van der Waals surface area contributed by atoms with Crippen molar-refractivity contribution in [1.82, 2.24) is 10.2 Å². The quantitative estimate of drug-likeness (QED) is 0.737. The van der Waals surface area contributed by atoms with Crippen molar-refractivity contribution >= 4 is 12.0 Å². The van der Waals surface area contributed by atoms with E-state index < -0.39 is 11.5 Å². The van der Waals surface area contributed by atoms with Gasteiger partial charge in [-0.25, -0.2) is 9.59 Å². The Morgan fingerprint density at radius 1 is 1.44 bits per heavy atom. The van der Waals surface area contributed by atoms with Gasteiger partial charge in [0, 0.05) is 12.6 Å². The van der Waals surface area contributed by atoms with E-state index in [4.69, 9.17) is 0 Å². The fourth-order valence-electron chi connectivity index (χ4n) is 2.31. The molecule has 1 aliphatic carbocycles. The highest BCUT2D eigenvalue weighted by molar-refractivity contribution is 5.86. The molecule has 0 saturated heterocycles. The first kappa shape index (κ1) is 14.5. The van der Waals surface area contributed by atoms with Gasteiger partial charge in [-0.05, 0) is 26.7 Å². The summed E-state index contributed by atoms with van der Waals surface area (Å²) in [7, 11) is 0. The molecule has 1 saturated carbocycles. The van der Waals surface area contributed by atoms with E-state index in [-0.39, 0.29) is 12.1 Å². The maximum absolute atomic E-state index is 12.1. The second-order valence-corrected chi connectivity index (χ2v) is 5.06. The number of nitrogens with one attached hydrogen (secondary N) is 1. The van der Waals surface area contributed by atoms with Crippen LogP contribution in [0.5, 0.6) is 0 Å². The van der Waals surface area contributed by atoms with Gasteiger partial charge in [-0.2, -0.15) is 0 Å². The third-order valence-electron chi connectivity index (χ3n) is 3.42. The largest absolute Gasteiger partial charge is 0.480 e. The van der Waals surface area contributed by atoms with Crippen LogP contribution in [-0.4, -0.2) is 40.1 Å². The molecule has 0 aromatic rings. The molecule has 2 amide bonds. The van der Waals surface area contributed by atoms with Crippen molar-refractivity contribution in [2.24, 2.45) is 0 Å². The van der Waals surface area contributed by atoms with Crippen molar-refractivity contribution in [3.63, 3.8) is 0 Å². The van der Waals surface area contributed by atoms with Gasteiger partial charge in [0.2, 0.25) is 0 Å². The Morgan fingerprint density at radius 3 is 2.39 bits per heavy atom. The summed E-state index contributed by atoms with van der Waals surface area (Å²) in [6.07, 6.45) is 4.34. The van der Waals surface area contributed by atoms with E-state index in [9.17, 15) is 14.7 Å². The van der Waals surface area contributed by atoms with Gasteiger partial charge in [-0.15, -0.1) is 6.58 Å². The number of nitrogens with zero attached hydrogens (tertiary/aromatic N) is 1. The van der Waals surface area contributed by atoms with Crippen LogP contribution in [0.15, 0.2) is 12.7 Å². The second-order valence-electron chi connectivity index (χ2n) is 5.06. The number of urea groups is 1. The van der Waals surface area contributed by atoms with E-state index >= 15 is 0 Å². The first-order valence-electron chi connectivity index (χ1n) is 6.36. The van der Waals surface area contributed by atoms with Gasteiger partial charge in [0.25, 0.3) is 0 Å². The zero-order valence-electron chi connectivity index (χ0n) is 11.1. The van der Waals surface area contributed by atoms with Crippen molar-refractivity contribution in [3.8, 4) is 0 Å². The third-order valence-corrected chi connectivity index (χ3v) is 3.42. The Morgan fingerprint density at radius 2 is 2.00 bits per heavy atom. The molecule has 0 heterocycles. The minimum absolute atomic E-state index is 0.00949. The summed E-state index contributed by atoms with van der Waals surface area (Å²) >= 11 is 0. The number of carboxylic acids is 1. The van der Waals surface area contributed by atoms with Crippen molar-refractivity contribution in [2.75, 3.05) is 6.54 Å². The predicted octanol–water partition coefficient (Wildman–Crippen LogP) is 1.99. The molecule has 2 N–H and O–H groups in total. The third kappa shape index (κ3) is 3.03. The molecule has 0 aromatic heterocycles. The van der Waals surface area contributed by atoms with Crippen LogP contribution < -0.4 is 5.32 Å². The summed E-state index contributed by atoms with van der Waals surface area (Å²) in [4.78, 5) is 25.1. The highest BCUT2D eigenvalue weighted by atomic mass is 16.4. The summed E-state index contributed by atoms with van der Waals surface area (Å²) in [5, 5.41) is 12.0. The minimum Gasteiger partial charge on any atom is -0.480 e. The van der Waals surface area contributed by atoms with Gasteiger partial charge in [0.1, 0.15) is 5.54 Å². The lowest BCUT2D eigenvalue weighted by atomic mass is 9.98. The van der Waals surface area contributed by atoms with Crippen LogP contribution >= 0.6 is 0 Å².